The predicted molar refractivity (Wildman–Crippen MR) is 59.6 cm³/mol. The first-order chi connectivity index (χ1) is 7.30. The highest BCUT2D eigenvalue weighted by Crippen LogP contribution is 2.15. The van der Waals surface area contributed by atoms with Crippen LogP contribution in [-0.2, 0) is 6.42 Å². The summed E-state index contributed by atoms with van der Waals surface area (Å²) in [5, 5.41) is 0. The maximum atomic E-state index is 12.2. The molecule has 0 aromatic heterocycles. The van der Waals surface area contributed by atoms with Gasteiger partial charge in [0.15, 0.2) is 0 Å². The van der Waals surface area contributed by atoms with Crippen molar-refractivity contribution in [3.8, 4) is 5.75 Å². The summed E-state index contributed by atoms with van der Waals surface area (Å²) < 4.78 is 17.3. The highest BCUT2D eigenvalue weighted by molar-refractivity contribution is 5.28. The van der Waals surface area contributed by atoms with Crippen LogP contribution in [0, 0.1) is 0 Å². The Morgan fingerprint density at radius 3 is 2.93 bits per heavy atom. The Morgan fingerprint density at radius 2 is 2.33 bits per heavy atom. The molecule has 0 fully saturated rings. The van der Waals surface area contributed by atoms with E-state index in [1.54, 1.807) is 7.11 Å². The summed E-state index contributed by atoms with van der Waals surface area (Å²) in [7, 11) is 1.63. The van der Waals surface area contributed by atoms with Crippen molar-refractivity contribution in [2.24, 2.45) is 5.73 Å². The lowest BCUT2D eigenvalue weighted by molar-refractivity contribution is 0.414. The smallest absolute Gasteiger partial charge is 0.119 e. The molecule has 0 spiro atoms. The monoisotopic (exact) mass is 209 g/mol. The van der Waals surface area contributed by atoms with Crippen molar-refractivity contribution < 1.29 is 9.13 Å². The van der Waals surface area contributed by atoms with Crippen LogP contribution in [0.1, 0.15) is 12.0 Å². The molecule has 0 bridgehead atoms. The van der Waals surface area contributed by atoms with Gasteiger partial charge in [0.2, 0.25) is 0 Å². The topological polar surface area (TPSA) is 35.2 Å². The molecule has 1 rings (SSSR count). The Bertz CT molecular complexity index is 336. The van der Waals surface area contributed by atoms with Crippen molar-refractivity contribution in [2.75, 3.05) is 13.7 Å². The molecule has 2 N–H and O–H groups in total. The molecule has 0 aliphatic heterocycles. The molecule has 1 aromatic rings. The normalized spacial score (nSPS) is 11.5. The van der Waals surface area contributed by atoms with E-state index in [0.717, 1.165) is 17.7 Å². The fraction of sp³-hybridized carbons (Fsp3) is 0.333. The number of ether oxygens (including phenoxy) is 1. The number of benzene rings is 1. The Hall–Kier alpha value is -1.35. The maximum absolute atomic E-state index is 12.2. The van der Waals surface area contributed by atoms with Crippen LogP contribution in [0.25, 0.3) is 0 Å². The summed E-state index contributed by atoms with van der Waals surface area (Å²) in [4.78, 5) is 0. The molecule has 1 aromatic carbocycles. The van der Waals surface area contributed by atoms with Gasteiger partial charge in [-0.3, -0.25) is 0 Å². The van der Waals surface area contributed by atoms with Crippen LogP contribution in [0.4, 0.5) is 4.39 Å². The highest BCUT2D eigenvalue weighted by Gasteiger charge is 1.99. The van der Waals surface area contributed by atoms with Crippen molar-refractivity contribution in [3.05, 3.63) is 41.7 Å². The Balaban J connectivity index is 2.57. The fourth-order valence-electron chi connectivity index (χ4n) is 1.33. The molecule has 0 saturated heterocycles. The van der Waals surface area contributed by atoms with Gasteiger partial charge in [-0.1, -0.05) is 12.1 Å². The van der Waals surface area contributed by atoms with Gasteiger partial charge >= 0.3 is 0 Å². The van der Waals surface area contributed by atoms with E-state index >= 15 is 0 Å². The SMILES string of the molecule is COc1cccc(CC/C(=C\F)CN)c1. The number of methoxy groups -OCH3 is 1. The van der Waals surface area contributed by atoms with Crippen LogP contribution in [-0.4, -0.2) is 13.7 Å². The lowest BCUT2D eigenvalue weighted by Gasteiger charge is -2.05. The maximum Gasteiger partial charge on any atom is 0.119 e. The van der Waals surface area contributed by atoms with E-state index < -0.39 is 0 Å². The van der Waals surface area contributed by atoms with Crippen LogP contribution in [0.3, 0.4) is 0 Å². The third kappa shape index (κ3) is 3.72. The molecule has 82 valence electrons. The first-order valence-corrected chi connectivity index (χ1v) is 4.91. The number of rotatable bonds is 5. The molecule has 0 aliphatic rings. The molecular weight excluding hydrogens is 193 g/mol. The molecular formula is C12H16FNO. The summed E-state index contributed by atoms with van der Waals surface area (Å²) in [6.45, 7) is 0.278. The van der Waals surface area contributed by atoms with Gasteiger partial charge < -0.3 is 10.5 Å². The Morgan fingerprint density at radius 1 is 1.53 bits per heavy atom. The number of nitrogens with two attached hydrogens (primary N) is 1. The fourth-order valence-corrected chi connectivity index (χ4v) is 1.33. The van der Waals surface area contributed by atoms with E-state index in [9.17, 15) is 4.39 Å². The third-order valence-corrected chi connectivity index (χ3v) is 2.29. The van der Waals surface area contributed by atoms with E-state index in [4.69, 9.17) is 10.5 Å². The minimum absolute atomic E-state index is 0.278. The van der Waals surface area contributed by atoms with Gasteiger partial charge in [-0.2, -0.15) is 0 Å². The van der Waals surface area contributed by atoms with Gasteiger partial charge in [0.05, 0.1) is 13.4 Å². The quantitative estimate of drug-likeness (QED) is 0.808. The molecule has 0 radical (unpaired) electrons. The zero-order valence-electron chi connectivity index (χ0n) is 8.87. The second kappa shape index (κ2) is 6.19. The van der Waals surface area contributed by atoms with Gasteiger partial charge in [0.1, 0.15) is 5.75 Å². The molecule has 15 heavy (non-hydrogen) atoms. The minimum Gasteiger partial charge on any atom is -0.497 e. The van der Waals surface area contributed by atoms with Gasteiger partial charge in [-0.15, -0.1) is 0 Å². The van der Waals surface area contributed by atoms with Crippen molar-refractivity contribution in [1.82, 2.24) is 0 Å². The van der Waals surface area contributed by atoms with Crippen LogP contribution >= 0.6 is 0 Å². The predicted octanol–water partition coefficient (Wildman–Crippen LogP) is 2.44. The molecule has 0 saturated carbocycles. The number of hydrogen-bond acceptors (Lipinski definition) is 2. The average Bonchev–Trinajstić information content (AvgIpc) is 2.31. The first-order valence-electron chi connectivity index (χ1n) is 4.91. The molecule has 0 atom stereocenters. The molecule has 2 nitrogen and oxygen atoms in total. The first kappa shape index (κ1) is 11.7. The van der Waals surface area contributed by atoms with Crippen LogP contribution in [0.5, 0.6) is 5.75 Å². The Labute approximate surface area is 89.6 Å². The second-order valence-electron chi connectivity index (χ2n) is 3.32. The van der Waals surface area contributed by atoms with E-state index in [0.29, 0.717) is 18.3 Å². The van der Waals surface area contributed by atoms with E-state index in [2.05, 4.69) is 0 Å². The zero-order chi connectivity index (χ0) is 11.1. The summed E-state index contributed by atoms with van der Waals surface area (Å²) in [5.41, 5.74) is 7.13. The molecule has 0 heterocycles. The summed E-state index contributed by atoms with van der Waals surface area (Å²) in [6, 6.07) is 7.76. The number of aryl methyl sites for hydroxylation is 1. The zero-order valence-corrected chi connectivity index (χ0v) is 8.87. The van der Waals surface area contributed by atoms with Crippen molar-refractivity contribution in [3.63, 3.8) is 0 Å². The van der Waals surface area contributed by atoms with Gasteiger partial charge in [0.25, 0.3) is 0 Å². The van der Waals surface area contributed by atoms with E-state index in [-0.39, 0.29) is 6.54 Å². The lowest BCUT2D eigenvalue weighted by atomic mass is 10.1. The van der Waals surface area contributed by atoms with Crippen LogP contribution in [0.2, 0.25) is 0 Å². The molecule has 0 amide bonds. The largest absolute Gasteiger partial charge is 0.497 e. The lowest BCUT2D eigenvalue weighted by Crippen LogP contribution is -2.03. The van der Waals surface area contributed by atoms with Crippen LogP contribution < -0.4 is 10.5 Å². The molecule has 0 aliphatic carbocycles. The van der Waals surface area contributed by atoms with E-state index in [1.165, 1.54) is 0 Å². The van der Waals surface area contributed by atoms with Crippen molar-refractivity contribution in [2.45, 2.75) is 12.8 Å². The summed E-state index contributed by atoms with van der Waals surface area (Å²) in [6.07, 6.45) is 2.03. The summed E-state index contributed by atoms with van der Waals surface area (Å²) in [5.74, 6) is 0.825. The molecule has 3 heteroatoms. The third-order valence-electron chi connectivity index (χ3n) is 2.29. The van der Waals surface area contributed by atoms with Crippen LogP contribution in [0.15, 0.2) is 36.2 Å². The van der Waals surface area contributed by atoms with E-state index in [1.807, 2.05) is 24.3 Å². The molecule has 0 unspecified atom stereocenters. The second-order valence-corrected chi connectivity index (χ2v) is 3.32. The summed E-state index contributed by atoms with van der Waals surface area (Å²) >= 11 is 0. The average molecular weight is 209 g/mol. The van der Waals surface area contributed by atoms with Crippen molar-refractivity contribution >= 4 is 0 Å². The minimum atomic E-state index is 0.278. The number of halogens is 1. The van der Waals surface area contributed by atoms with Gasteiger partial charge in [0, 0.05) is 6.54 Å². The number of hydrogen-bond donors (Lipinski definition) is 1. The Kier molecular flexibility index (Phi) is 4.84. The van der Waals surface area contributed by atoms with Gasteiger partial charge in [-0.05, 0) is 36.1 Å². The van der Waals surface area contributed by atoms with Gasteiger partial charge in [-0.25, -0.2) is 4.39 Å². The highest BCUT2D eigenvalue weighted by atomic mass is 19.1. The standard InChI is InChI=1S/C12H16FNO/c1-15-12-4-2-3-10(7-12)5-6-11(8-13)9-14/h2-4,7-8H,5-6,9,14H2,1H3/b11-8+. The van der Waals surface area contributed by atoms with Crippen molar-refractivity contribution in [1.29, 1.82) is 0 Å².